The molecule has 0 bridgehead atoms. The van der Waals surface area contributed by atoms with E-state index in [1.165, 1.54) is 11.1 Å². The van der Waals surface area contributed by atoms with Gasteiger partial charge in [0.1, 0.15) is 13.2 Å². The smallest absolute Gasteiger partial charge is 0.273 e. The quantitative estimate of drug-likeness (QED) is 0.479. The van der Waals surface area contributed by atoms with E-state index in [1.54, 1.807) is 6.07 Å². The summed E-state index contributed by atoms with van der Waals surface area (Å²) >= 11 is 0. The van der Waals surface area contributed by atoms with Crippen LogP contribution in [-0.4, -0.2) is 48.8 Å². The van der Waals surface area contributed by atoms with Gasteiger partial charge in [0, 0.05) is 18.2 Å². The first kappa shape index (κ1) is 23.8. The number of nitrogens with one attached hydrogen (secondary N) is 1. The summed E-state index contributed by atoms with van der Waals surface area (Å²) in [6.45, 7) is 12.0. The molecular weight excluding hydrogens is 430 g/mol. The second-order valence-electron chi connectivity index (χ2n) is 8.70. The molecule has 1 aliphatic heterocycles. The molecule has 34 heavy (non-hydrogen) atoms. The Bertz CT molecular complexity index is 1100. The maximum atomic E-state index is 12.9. The number of hydrogen-bond donors (Lipinski definition) is 1. The number of amides is 1. The average Bonchev–Trinajstić information content (AvgIpc) is 3.37. The molecule has 1 amide bonds. The van der Waals surface area contributed by atoms with Crippen molar-refractivity contribution in [2.24, 2.45) is 0 Å². The zero-order valence-electron chi connectivity index (χ0n) is 20.3. The Kier molecular flexibility index (Phi) is 7.53. The lowest BCUT2D eigenvalue weighted by Crippen LogP contribution is -2.38. The molecule has 2 heterocycles. The van der Waals surface area contributed by atoms with Crippen LogP contribution in [0.4, 0.5) is 0 Å². The standard InChI is InChI=1S/C27H33N3O4/c1-5-30(6-2)23(20-9-7-19(8-10-20)18(3)4)17-28-27(31)22-16-25(34-29-22)21-11-12-24-26(15-21)33-14-13-32-24/h7-12,15-16,18,23H,5-6,13-14,17H2,1-4H3,(H,28,31)/t23-/m0/s1. The van der Waals surface area contributed by atoms with E-state index in [0.29, 0.717) is 42.9 Å². The Labute approximate surface area is 201 Å². The maximum Gasteiger partial charge on any atom is 0.273 e. The molecule has 0 unspecified atom stereocenters. The molecule has 0 spiro atoms. The van der Waals surface area contributed by atoms with Crippen molar-refractivity contribution in [3.8, 4) is 22.8 Å². The van der Waals surface area contributed by atoms with Crippen LogP contribution in [0.1, 0.15) is 61.3 Å². The highest BCUT2D eigenvalue weighted by atomic mass is 16.6. The average molecular weight is 464 g/mol. The van der Waals surface area contributed by atoms with Crippen molar-refractivity contribution in [2.45, 2.75) is 39.7 Å². The van der Waals surface area contributed by atoms with Crippen LogP contribution in [0.5, 0.6) is 11.5 Å². The number of likely N-dealkylation sites (N-methyl/N-ethyl adjacent to an activating group) is 1. The summed E-state index contributed by atoms with van der Waals surface area (Å²) in [5.74, 6) is 2.10. The van der Waals surface area contributed by atoms with Gasteiger partial charge in [-0.1, -0.05) is 57.1 Å². The molecule has 1 aromatic heterocycles. The molecule has 0 fully saturated rings. The first-order valence-corrected chi connectivity index (χ1v) is 12.0. The largest absolute Gasteiger partial charge is 0.486 e. The van der Waals surface area contributed by atoms with Gasteiger partial charge < -0.3 is 19.3 Å². The molecule has 180 valence electrons. The van der Waals surface area contributed by atoms with Crippen molar-refractivity contribution in [2.75, 3.05) is 32.8 Å². The van der Waals surface area contributed by atoms with Crippen LogP contribution in [0.25, 0.3) is 11.3 Å². The third kappa shape index (κ3) is 5.25. The zero-order chi connectivity index (χ0) is 24.1. The molecule has 0 saturated heterocycles. The Balaban J connectivity index is 1.46. The minimum Gasteiger partial charge on any atom is -0.486 e. The van der Waals surface area contributed by atoms with Crippen molar-refractivity contribution < 1.29 is 18.8 Å². The highest BCUT2D eigenvalue weighted by molar-refractivity contribution is 5.93. The summed E-state index contributed by atoms with van der Waals surface area (Å²) in [4.78, 5) is 15.2. The molecule has 1 aliphatic rings. The number of carbonyl (C=O) groups excluding carboxylic acids is 1. The van der Waals surface area contributed by atoms with Gasteiger partial charge in [0.05, 0.1) is 6.04 Å². The number of ether oxygens (including phenoxy) is 2. The third-order valence-electron chi connectivity index (χ3n) is 6.27. The molecule has 3 aromatic rings. The number of aromatic nitrogens is 1. The summed E-state index contributed by atoms with van der Waals surface area (Å²) in [7, 11) is 0. The Morgan fingerprint density at radius 2 is 1.65 bits per heavy atom. The van der Waals surface area contributed by atoms with Crippen molar-refractivity contribution in [1.29, 1.82) is 0 Å². The van der Waals surface area contributed by atoms with E-state index >= 15 is 0 Å². The second-order valence-corrected chi connectivity index (χ2v) is 8.70. The molecule has 7 heteroatoms. The van der Waals surface area contributed by atoms with E-state index in [-0.39, 0.29) is 17.6 Å². The number of rotatable bonds is 9. The monoisotopic (exact) mass is 463 g/mol. The van der Waals surface area contributed by atoms with Crippen molar-refractivity contribution in [3.63, 3.8) is 0 Å². The normalized spacial score (nSPS) is 13.8. The first-order chi connectivity index (χ1) is 16.5. The minimum absolute atomic E-state index is 0.0735. The fourth-order valence-corrected chi connectivity index (χ4v) is 4.22. The fourth-order valence-electron chi connectivity index (χ4n) is 4.22. The second kappa shape index (κ2) is 10.7. The van der Waals surface area contributed by atoms with Crippen LogP contribution in [0.3, 0.4) is 0 Å². The number of fused-ring (bicyclic) bond motifs is 1. The van der Waals surface area contributed by atoms with Gasteiger partial charge in [0.2, 0.25) is 0 Å². The van der Waals surface area contributed by atoms with E-state index in [0.717, 1.165) is 18.7 Å². The number of benzene rings is 2. The Morgan fingerprint density at radius 3 is 2.32 bits per heavy atom. The van der Waals surface area contributed by atoms with Crippen LogP contribution < -0.4 is 14.8 Å². The first-order valence-electron chi connectivity index (χ1n) is 12.0. The van der Waals surface area contributed by atoms with E-state index < -0.39 is 0 Å². The summed E-state index contributed by atoms with van der Waals surface area (Å²) in [5, 5.41) is 7.05. The molecule has 0 aliphatic carbocycles. The summed E-state index contributed by atoms with van der Waals surface area (Å²) < 4.78 is 16.7. The van der Waals surface area contributed by atoms with Crippen LogP contribution in [0.15, 0.2) is 53.1 Å². The third-order valence-corrected chi connectivity index (χ3v) is 6.27. The minimum atomic E-state index is -0.261. The van der Waals surface area contributed by atoms with Gasteiger partial charge >= 0.3 is 0 Å². The number of hydrogen-bond acceptors (Lipinski definition) is 6. The Morgan fingerprint density at radius 1 is 0.971 bits per heavy atom. The van der Waals surface area contributed by atoms with E-state index in [1.807, 2.05) is 18.2 Å². The number of carbonyl (C=O) groups is 1. The van der Waals surface area contributed by atoms with Crippen LogP contribution in [-0.2, 0) is 0 Å². The predicted molar refractivity (Wildman–Crippen MR) is 131 cm³/mol. The zero-order valence-corrected chi connectivity index (χ0v) is 20.3. The van der Waals surface area contributed by atoms with Crippen LogP contribution in [0.2, 0.25) is 0 Å². The van der Waals surface area contributed by atoms with Crippen LogP contribution in [0, 0.1) is 0 Å². The number of nitrogens with zero attached hydrogens (tertiary/aromatic N) is 2. The maximum absolute atomic E-state index is 12.9. The van der Waals surface area contributed by atoms with Gasteiger partial charge in [-0.15, -0.1) is 0 Å². The lowest BCUT2D eigenvalue weighted by atomic mass is 9.98. The van der Waals surface area contributed by atoms with E-state index in [2.05, 4.69) is 67.3 Å². The topological polar surface area (TPSA) is 76.8 Å². The van der Waals surface area contributed by atoms with Gasteiger partial charge in [-0.3, -0.25) is 9.69 Å². The molecule has 0 saturated carbocycles. The SMILES string of the molecule is CCN(CC)[C@@H](CNC(=O)c1cc(-c2ccc3c(c2)OCCO3)on1)c1ccc(C(C)C)cc1. The van der Waals surface area contributed by atoms with E-state index in [9.17, 15) is 4.79 Å². The molecule has 4 rings (SSSR count). The van der Waals surface area contributed by atoms with Crippen molar-refractivity contribution in [1.82, 2.24) is 15.4 Å². The van der Waals surface area contributed by atoms with Gasteiger partial charge in [-0.25, -0.2) is 0 Å². The summed E-state index contributed by atoms with van der Waals surface area (Å²) in [6, 6.07) is 16.0. The van der Waals surface area contributed by atoms with Gasteiger partial charge in [-0.05, 0) is 48.3 Å². The van der Waals surface area contributed by atoms with E-state index in [4.69, 9.17) is 14.0 Å². The predicted octanol–water partition coefficient (Wildman–Crippen LogP) is 5.05. The lowest BCUT2D eigenvalue weighted by Gasteiger charge is -2.30. The highest BCUT2D eigenvalue weighted by Crippen LogP contribution is 2.34. The summed E-state index contributed by atoms with van der Waals surface area (Å²) in [5.41, 5.74) is 3.52. The lowest BCUT2D eigenvalue weighted by molar-refractivity contribution is 0.0926. The van der Waals surface area contributed by atoms with Gasteiger partial charge in [-0.2, -0.15) is 0 Å². The van der Waals surface area contributed by atoms with Crippen LogP contribution >= 0.6 is 0 Å². The Hall–Kier alpha value is -3.32. The molecule has 0 radical (unpaired) electrons. The molecular formula is C27H33N3O4. The molecule has 1 N–H and O–H groups in total. The highest BCUT2D eigenvalue weighted by Gasteiger charge is 2.21. The fraction of sp³-hybridized carbons (Fsp3) is 0.407. The molecule has 2 aromatic carbocycles. The molecule has 1 atom stereocenters. The van der Waals surface area contributed by atoms with Gasteiger partial charge in [0.15, 0.2) is 23.0 Å². The van der Waals surface area contributed by atoms with Crippen molar-refractivity contribution in [3.05, 3.63) is 65.4 Å². The molecule has 7 nitrogen and oxygen atoms in total. The summed E-state index contributed by atoms with van der Waals surface area (Å²) in [6.07, 6.45) is 0. The van der Waals surface area contributed by atoms with Crippen molar-refractivity contribution >= 4 is 5.91 Å². The van der Waals surface area contributed by atoms with Gasteiger partial charge in [0.25, 0.3) is 5.91 Å².